The van der Waals surface area contributed by atoms with Crippen LogP contribution >= 0.6 is 15.9 Å². The molecule has 5 heteroatoms. The highest BCUT2D eigenvalue weighted by atomic mass is 79.9. The number of rotatable bonds is 3. The predicted molar refractivity (Wildman–Crippen MR) is 81.8 cm³/mol. The minimum absolute atomic E-state index is 0.683. The number of hydrogen-bond donors (Lipinski definition) is 2. The van der Waals surface area contributed by atoms with E-state index >= 15 is 0 Å². The normalized spacial score (nSPS) is 10.6. The summed E-state index contributed by atoms with van der Waals surface area (Å²) in [6.07, 6.45) is 0.853. The lowest BCUT2D eigenvalue weighted by molar-refractivity contribution is 0.973. The standard InChI is InChI=1S/C14H17BrN4/c1-4-12-9(3)13(19-16)18-14(17-12)10-5-6-11(15)8(2)7-10/h5-7H,4,16H2,1-3H3,(H,17,18,19). The van der Waals surface area contributed by atoms with Gasteiger partial charge in [0.25, 0.3) is 0 Å². The highest BCUT2D eigenvalue weighted by Gasteiger charge is 2.11. The van der Waals surface area contributed by atoms with Crippen LogP contribution in [-0.2, 0) is 6.42 Å². The maximum absolute atomic E-state index is 5.53. The van der Waals surface area contributed by atoms with E-state index in [1.165, 1.54) is 0 Å². The Labute approximate surface area is 121 Å². The maximum Gasteiger partial charge on any atom is 0.161 e. The monoisotopic (exact) mass is 320 g/mol. The number of nitrogens with one attached hydrogen (secondary N) is 1. The van der Waals surface area contributed by atoms with E-state index in [1.807, 2.05) is 26.0 Å². The minimum Gasteiger partial charge on any atom is -0.308 e. The molecule has 2 rings (SSSR count). The third kappa shape index (κ3) is 2.77. The molecule has 0 bridgehead atoms. The fraction of sp³-hybridized carbons (Fsp3) is 0.286. The molecule has 0 aliphatic rings. The molecule has 0 unspecified atom stereocenters. The summed E-state index contributed by atoms with van der Waals surface area (Å²) in [4.78, 5) is 9.10. The fourth-order valence-corrected chi connectivity index (χ4v) is 2.21. The predicted octanol–water partition coefficient (Wildman–Crippen LogP) is 3.37. The molecule has 0 aliphatic carbocycles. The van der Waals surface area contributed by atoms with Gasteiger partial charge in [-0.3, -0.25) is 0 Å². The molecule has 0 aliphatic heterocycles. The lowest BCUT2D eigenvalue weighted by atomic mass is 10.1. The Morgan fingerprint density at radius 3 is 2.58 bits per heavy atom. The Bertz CT molecular complexity index is 585. The van der Waals surface area contributed by atoms with Gasteiger partial charge in [0.15, 0.2) is 5.82 Å². The number of nitrogens with two attached hydrogens (primary N) is 1. The van der Waals surface area contributed by atoms with Crippen LogP contribution in [0.4, 0.5) is 5.82 Å². The van der Waals surface area contributed by atoms with Crippen LogP contribution < -0.4 is 11.3 Å². The topological polar surface area (TPSA) is 63.8 Å². The number of aryl methyl sites for hydroxylation is 2. The lowest BCUT2D eigenvalue weighted by Gasteiger charge is -2.11. The summed E-state index contributed by atoms with van der Waals surface area (Å²) >= 11 is 3.50. The van der Waals surface area contributed by atoms with E-state index in [0.29, 0.717) is 11.6 Å². The van der Waals surface area contributed by atoms with Crippen LogP contribution in [0.1, 0.15) is 23.7 Å². The first-order valence-corrected chi connectivity index (χ1v) is 6.96. The molecule has 0 amide bonds. The van der Waals surface area contributed by atoms with Crippen molar-refractivity contribution in [1.29, 1.82) is 0 Å². The van der Waals surface area contributed by atoms with Crippen LogP contribution in [0.5, 0.6) is 0 Å². The SMILES string of the molecule is CCc1nc(-c2ccc(Br)c(C)c2)nc(NN)c1C. The van der Waals surface area contributed by atoms with Crippen molar-refractivity contribution in [2.24, 2.45) is 5.84 Å². The molecule has 100 valence electrons. The van der Waals surface area contributed by atoms with Crippen LogP contribution in [0.25, 0.3) is 11.4 Å². The quantitative estimate of drug-likeness (QED) is 0.672. The van der Waals surface area contributed by atoms with Crippen LogP contribution in [0.2, 0.25) is 0 Å². The Kier molecular flexibility index (Phi) is 4.17. The summed E-state index contributed by atoms with van der Waals surface area (Å²) in [7, 11) is 0. The molecular formula is C14H17BrN4. The maximum atomic E-state index is 5.53. The number of hydrazine groups is 1. The molecule has 2 aromatic rings. The summed E-state index contributed by atoms with van der Waals surface area (Å²) in [5.41, 5.74) is 6.81. The number of nitrogens with zero attached hydrogens (tertiary/aromatic N) is 2. The Balaban J connectivity index is 2.58. The summed E-state index contributed by atoms with van der Waals surface area (Å²) in [5.74, 6) is 6.91. The molecule has 19 heavy (non-hydrogen) atoms. The van der Waals surface area contributed by atoms with E-state index in [-0.39, 0.29) is 0 Å². The van der Waals surface area contributed by atoms with Crippen molar-refractivity contribution in [3.63, 3.8) is 0 Å². The van der Waals surface area contributed by atoms with E-state index in [1.54, 1.807) is 0 Å². The molecule has 0 atom stereocenters. The second-order valence-electron chi connectivity index (χ2n) is 4.43. The first-order valence-electron chi connectivity index (χ1n) is 6.17. The molecule has 0 fully saturated rings. The molecule has 1 aromatic heterocycles. The zero-order chi connectivity index (χ0) is 14.0. The number of nitrogen functional groups attached to an aromatic ring is 1. The van der Waals surface area contributed by atoms with E-state index in [9.17, 15) is 0 Å². The van der Waals surface area contributed by atoms with Crippen LogP contribution in [-0.4, -0.2) is 9.97 Å². The van der Waals surface area contributed by atoms with Gasteiger partial charge in [-0.15, -0.1) is 0 Å². The van der Waals surface area contributed by atoms with Crippen molar-refractivity contribution in [1.82, 2.24) is 9.97 Å². The fourth-order valence-electron chi connectivity index (χ4n) is 1.96. The van der Waals surface area contributed by atoms with Crippen molar-refractivity contribution < 1.29 is 0 Å². The van der Waals surface area contributed by atoms with Gasteiger partial charge >= 0.3 is 0 Å². The largest absolute Gasteiger partial charge is 0.308 e. The number of anilines is 1. The molecule has 0 spiro atoms. The summed E-state index contributed by atoms with van der Waals surface area (Å²) in [5, 5.41) is 0. The van der Waals surface area contributed by atoms with Crippen LogP contribution in [0.3, 0.4) is 0 Å². The van der Waals surface area contributed by atoms with Gasteiger partial charge in [-0.05, 0) is 38.0 Å². The molecule has 0 saturated heterocycles. The highest BCUT2D eigenvalue weighted by Crippen LogP contribution is 2.25. The summed E-state index contributed by atoms with van der Waals surface area (Å²) < 4.78 is 1.08. The van der Waals surface area contributed by atoms with E-state index < -0.39 is 0 Å². The van der Waals surface area contributed by atoms with Crippen molar-refractivity contribution in [3.05, 3.63) is 39.5 Å². The van der Waals surface area contributed by atoms with Gasteiger partial charge < -0.3 is 5.43 Å². The van der Waals surface area contributed by atoms with Crippen molar-refractivity contribution in [2.75, 3.05) is 5.43 Å². The molecule has 1 heterocycles. The van der Waals surface area contributed by atoms with Gasteiger partial charge in [0, 0.05) is 21.3 Å². The summed E-state index contributed by atoms with van der Waals surface area (Å²) in [6.45, 7) is 6.10. The summed E-state index contributed by atoms with van der Waals surface area (Å²) in [6, 6.07) is 6.07. The third-order valence-electron chi connectivity index (χ3n) is 3.13. The Morgan fingerprint density at radius 2 is 2.00 bits per heavy atom. The molecule has 0 saturated carbocycles. The highest BCUT2D eigenvalue weighted by molar-refractivity contribution is 9.10. The van der Waals surface area contributed by atoms with Gasteiger partial charge in [0.2, 0.25) is 0 Å². The smallest absolute Gasteiger partial charge is 0.161 e. The second-order valence-corrected chi connectivity index (χ2v) is 5.28. The number of halogens is 1. The van der Waals surface area contributed by atoms with Crippen molar-refractivity contribution in [2.45, 2.75) is 27.2 Å². The molecule has 3 N–H and O–H groups in total. The number of aromatic nitrogens is 2. The van der Waals surface area contributed by atoms with Gasteiger partial charge in [0.1, 0.15) is 5.82 Å². The third-order valence-corrected chi connectivity index (χ3v) is 4.02. The van der Waals surface area contributed by atoms with Crippen molar-refractivity contribution in [3.8, 4) is 11.4 Å². The van der Waals surface area contributed by atoms with Gasteiger partial charge in [-0.25, -0.2) is 15.8 Å². The molecule has 1 aromatic carbocycles. The van der Waals surface area contributed by atoms with Crippen LogP contribution in [0.15, 0.2) is 22.7 Å². The van der Waals surface area contributed by atoms with Crippen LogP contribution in [0, 0.1) is 13.8 Å². The van der Waals surface area contributed by atoms with Gasteiger partial charge in [-0.1, -0.05) is 28.9 Å². The zero-order valence-electron chi connectivity index (χ0n) is 11.3. The Morgan fingerprint density at radius 1 is 1.26 bits per heavy atom. The number of hydrogen-bond acceptors (Lipinski definition) is 4. The average molecular weight is 321 g/mol. The molecule has 4 nitrogen and oxygen atoms in total. The second kappa shape index (κ2) is 5.67. The first kappa shape index (κ1) is 14.0. The minimum atomic E-state index is 0.683. The molecule has 0 radical (unpaired) electrons. The Hall–Kier alpha value is -1.46. The van der Waals surface area contributed by atoms with E-state index in [0.717, 1.165) is 33.3 Å². The number of benzene rings is 1. The van der Waals surface area contributed by atoms with Gasteiger partial charge in [-0.2, -0.15) is 0 Å². The zero-order valence-corrected chi connectivity index (χ0v) is 12.9. The molecular weight excluding hydrogens is 304 g/mol. The average Bonchev–Trinajstić information content (AvgIpc) is 2.42. The van der Waals surface area contributed by atoms with Crippen molar-refractivity contribution >= 4 is 21.7 Å². The van der Waals surface area contributed by atoms with E-state index in [2.05, 4.69) is 44.3 Å². The lowest BCUT2D eigenvalue weighted by Crippen LogP contribution is -2.13. The first-order chi connectivity index (χ1) is 9.06. The van der Waals surface area contributed by atoms with Gasteiger partial charge in [0.05, 0.1) is 0 Å². The van der Waals surface area contributed by atoms with E-state index in [4.69, 9.17) is 5.84 Å².